The van der Waals surface area contributed by atoms with Crippen LogP contribution in [0.5, 0.6) is 5.75 Å². The maximum atomic E-state index is 10.9. The summed E-state index contributed by atoms with van der Waals surface area (Å²) in [4.78, 5) is 15.3. The van der Waals surface area contributed by atoms with Gasteiger partial charge in [0.1, 0.15) is 12.4 Å². The van der Waals surface area contributed by atoms with Crippen LogP contribution in [0.2, 0.25) is 10.0 Å². The molecule has 0 amide bonds. The van der Waals surface area contributed by atoms with Crippen molar-refractivity contribution in [1.82, 2.24) is 0 Å². The molecule has 3 aromatic rings. The van der Waals surface area contributed by atoms with Gasteiger partial charge in [-0.3, -0.25) is 4.99 Å². The van der Waals surface area contributed by atoms with Gasteiger partial charge in [0.2, 0.25) is 0 Å². The minimum Gasteiger partial charge on any atom is -0.488 e. The second-order valence-electron chi connectivity index (χ2n) is 5.66. The lowest BCUT2D eigenvalue weighted by molar-refractivity contribution is 0.0697. The number of carbonyl (C=O) groups is 1. The predicted molar refractivity (Wildman–Crippen MR) is 108 cm³/mol. The summed E-state index contributed by atoms with van der Waals surface area (Å²) in [6.07, 6.45) is 1.67. The number of rotatable bonds is 6. The molecule has 0 atom stereocenters. The summed E-state index contributed by atoms with van der Waals surface area (Å²) in [7, 11) is 0. The third-order valence-corrected chi connectivity index (χ3v) is 4.60. The van der Waals surface area contributed by atoms with Gasteiger partial charge in [0, 0.05) is 11.8 Å². The zero-order valence-corrected chi connectivity index (χ0v) is 15.6. The molecule has 0 bridgehead atoms. The van der Waals surface area contributed by atoms with E-state index in [4.69, 9.17) is 33.0 Å². The summed E-state index contributed by atoms with van der Waals surface area (Å²) < 4.78 is 5.87. The Morgan fingerprint density at radius 2 is 1.74 bits per heavy atom. The molecular weight excluding hydrogens is 385 g/mol. The first-order valence-electron chi connectivity index (χ1n) is 8.07. The van der Waals surface area contributed by atoms with Gasteiger partial charge in [-0.15, -0.1) is 0 Å². The highest BCUT2D eigenvalue weighted by atomic mass is 35.5. The summed E-state index contributed by atoms with van der Waals surface area (Å²) in [6, 6.07) is 19.3. The molecule has 0 fully saturated rings. The highest BCUT2D eigenvalue weighted by Gasteiger charge is 2.06. The van der Waals surface area contributed by atoms with Crippen molar-refractivity contribution >= 4 is 41.1 Å². The number of halogens is 2. The van der Waals surface area contributed by atoms with E-state index in [-0.39, 0.29) is 5.56 Å². The van der Waals surface area contributed by atoms with Crippen molar-refractivity contribution in [3.63, 3.8) is 0 Å². The van der Waals surface area contributed by atoms with Crippen molar-refractivity contribution in [2.24, 2.45) is 4.99 Å². The van der Waals surface area contributed by atoms with Crippen molar-refractivity contribution in [1.29, 1.82) is 0 Å². The fraction of sp³-hybridized carbons (Fsp3) is 0.0476. The topological polar surface area (TPSA) is 58.9 Å². The number of hydrogen-bond acceptors (Lipinski definition) is 3. The van der Waals surface area contributed by atoms with Gasteiger partial charge in [-0.25, -0.2) is 4.79 Å². The zero-order valence-electron chi connectivity index (χ0n) is 14.1. The molecule has 27 heavy (non-hydrogen) atoms. The summed E-state index contributed by atoms with van der Waals surface area (Å²) in [5.74, 6) is -0.301. The fourth-order valence-electron chi connectivity index (χ4n) is 2.35. The Morgan fingerprint density at radius 3 is 2.48 bits per heavy atom. The van der Waals surface area contributed by atoms with E-state index in [2.05, 4.69) is 4.99 Å². The minimum atomic E-state index is -0.955. The number of aliphatic imine (C=N–C) groups is 1. The second kappa shape index (κ2) is 8.71. The quantitative estimate of drug-likeness (QED) is 0.515. The van der Waals surface area contributed by atoms with Crippen LogP contribution in [-0.2, 0) is 6.61 Å². The van der Waals surface area contributed by atoms with E-state index < -0.39 is 5.97 Å². The lowest BCUT2D eigenvalue weighted by Crippen LogP contribution is -2.00. The van der Waals surface area contributed by atoms with Crippen molar-refractivity contribution < 1.29 is 14.6 Å². The zero-order chi connectivity index (χ0) is 19.2. The van der Waals surface area contributed by atoms with Crippen LogP contribution in [0.15, 0.2) is 71.7 Å². The molecule has 1 N–H and O–H groups in total. The minimum absolute atomic E-state index is 0.240. The smallest absolute Gasteiger partial charge is 0.335 e. The number of aromatic carboxylic acids is 1. The fourth-order valence-corrected chi connectivity index (χ4v) is 2.70. The first kappa shape index (κ1) is 19.0. The Labute approximate surface area is 166 Å². The normalized spacial score (nSPS) is 10.9. The molecular formula is C21H15Cl2NO3. The number of nitrogens with zero attached hydrogens (tertiary/aromatic N) is 1. The Bertz CT molecular complexity index is 985. The molecule has 0 heterocycles. The lowest BCUT2D eigenvalue weighted by atomic mass is 10.1. The first-order chi connectivity index (χ1) is 13.0. The number of benzene rings is 3. The molecule has 4 nitrogen and oxygen atoms in total. The lowest BCUT2D eigenvalue weighted by Gasteiger charge is -2.09. The molecule has 0 radical (unpaired) electrons. The number of carboxylic acids is 1. The molecule has 6 heteroatoms. The van der Waals surface area contributed by atoms with Crippen LogP contribution < -0.4 is 4.74 Å². The Kier molecular flexibility index (Phi) is 6.12. The van der Waals surface area contributed by atoms with E-state index in [0.717, 1.165) is 11.1 Å². The first-order valence-corrected chi connectivity index (χ1v) is 8.82. The number of hydrogen-bond donors (Lipinski definition) is 1. The van der Waals surface area contributed by atoms with Gasteiger partial charge < -0.3 is 9.84 Å². The van der Waals surface area contributed by atoms with Crippen LogP contribution in [-0.4, -0.2) is 17.3 Å². The summed E-state index contributed by atoms with van der Waals surface area (Å²) in [5, 5.41) is 9.79. The molecule has 0 unspecified atom stereocenters. The van der Waals surface area contributed by atoms with Gasteiger partial charge in [0.25, 0.3) is 0 Å². The summed E-state index contributed by atoms with van der Waals surface area (Å²) >= 11 is 12.2. The molecule has 0 aliphatic carbocycles. The van der Waals surface area contributed by atoms with E-state index in [1.165, 1.54) is 0 Å². The maximum absolute atomic E-state index is 10.9. The van der Waals surface area contributed by atoms with Gasteiger partial charge in [0.05, 0.1) is 21.3 Å². The summed E-state index contributed by atoms with van der Waals surface area (Å²) in [6.45, 7) is 0.308. The molecule has 3 rings (SSSR count). The highest BCUT2D eigenvalue weighted by molar-refractivity contribution is 6.43. The van der Waals surface area contributed by atoms with E-state index >= 15 is 0 Å². The van der Waals surface area contributed by atoms with Crippen molar-refractivity contribution in [2.45, 2.75) is 6.61 Å². The molecule has 0 aliphatic rings. The Balaban J connectivity index is 1.75. The van der Waals surface area contributed by atoms with Gasteiger partial charge >= 0.3 is 5.97 Å². The van der Waals surface area contributed by atoms with E-state index in [9.17, 15) is 4.79 Å². The van der Waals surface area contributed by atoms with E-state index in [1.54, 1.807) is 48.7 Å². The standard InChI is InChI=1S/C21H15Cl2NO3/c22-17-5-3-6-18(20(17)23)24-12-16-4-1-2-7-19(16)27-13-14-8-10-15(11-9-14)21(25)26/h1-12H,13H2,(H,25,26). The van der Waals surface area contributed by atoms with Crippen LogP contribution in [0.1, 0.15) is 21.5 Å². The number of para-hydroxylation sites is 1. The Morgan fingerprint density at radius 1 is 1.00 bits per heavy atom. The average molecular weight is 400 g/mol. The van der Waals surface area contributed by atoms with Crippen LogP contribution >= 0.6 is 23.2 Å². The van der Waals surface area contributed by atoms with Crippen LogP contribution in [0, 0.1) is 0 Å². The Hall–Kier alpha value is -2.82. The van der Waals surface area contributed by atoms with Crippen LogP contribution in [0.4, 0.5) is 5.69 Å². The van der Waals surface area contributed by atoms with Gasteiger partial charge in [-0.1, -0.05) is 53.5 Å². The van der Waals surface area contributed by atoms with Gasteiger partial charge in [0.15, 0.2) is 0 Å². The molecule has 0 saturated heterocycles. The van der Waals surface area contributed by atoms with Gasteiger partial charge in [-0.05, 0) is 42.0 Å². The second-order valence-corrected chi connectivity index (χ2v) is 6.44. The molecule has 0 saturated carbocycles. The van der Waals surface area contributed by atoms with Crippen molar-refractivity contribution in [2.75, 3.05) is 0 Å². The van der Waals surface area contributed by atoms with E-state index in [0.29, 0.717) is 28.1 Å². The number of ether oxygens (including phenoxy) is 1. The average Bonchev–Trinajstić information content (AvgIpc) is 2.68. The molecule has 0 aliphatic heterocycles. The van der Waals surface area contributed by atoms with E-state index in [1.807, 2.05) is 24.3 Å². The SMILES string of the molecule is O=C(O)c1ccc(COc2ccccc2C=Nc2cccc(Cl)c2Cl)cc1. The van der Waals surface area contributed by atoms with Gasteiger partial charge in [-0.2, -0.15) is 0 Å². The maximum Gasteiger partial charge on any atom is 0.335 e. The molecule has 3 aromatic carbocycles. The van der Waals surface area contributed by atoms with Crippen molar-refractivity contribution in [3.05, 3.63) is 93.5 Å². The largest absolute Gasteiger partial charge is 0.488 e. The number of carboxylic acid groups (broad SMARTS) is 1. The summed E-state index contributed by atoms with van der Waals surface area (Å²) in [5.41, 5.74) is 2.47. The van der Waals surface area contributed by atoms with Crippen LogP contribution in [0.25, 0.3) is 0 Å². The third-order valence-electron chi connectivity index (χ3n) is 3.79. The molecule has 0 spiro atoms. The molecule has 0 aromatic heterocycles. The molecule has 136 valence electrons. The third kappa shape index (κ3) is 4.88. The van der Waals surface area contributed by atoms with Crippen molar-refractivity contribution in [3.8, 4) is 5.75 Å². The highest BCUT2D eigenvalue weighted by Crippen LogP contribution is 2.32. The monoisotopic (exact) mass is 399 g/mol. The predicted octanol–water partition coefficient (Wildman–Crippen LogP) is 6.02. The van der Waals surface area contributed by atoms with Crippen LogP contribution in [0.3, 0.4) is 0 Å².